The van der Waals surface area contributed by atoms with Gasteiger partial charge in [-0.05, 0) is 31.8 Å². The van der Waals surface area contributed by atoms with Crippen LogP contribution in [-0.2, 0) is 0 Å². The van der Waals surface area contributed by atoms with Crippen LogP contribution in [0.5, 0.6) is 0 Å². The Balaban J connectivity index is -0.000000270. The molecule has 0 aliphatic rings. The first-order chi connectivity index (χ1) is 8.76. The lowest BCUT2D eigenvalue weighted by molar-refractivity contribution is 0.415. The summed E-state index contributed by atoms with van der Waals surface area (Å²) in [5, 5.41) is 3.42. The van der Waals surface area contributed by atoms with Crippen molar-refractivity contribution in [2.75, 3.05) is 13.1 Å². The quantitative estimate of drug-likeness (QED) is 0.532. The van der Waals surface area contributed by atoms with Crippen molar-refractivity contribution in [1.29, 1.82) is 0 Å². The van der Waals surface area contributed by atoms with E-state index < -0.39 is 0 Å². The van der Waals surface area contributed by atoms with E-state index in [1.165, 1.54) is 51.5 Å². The van der Waals surface area contributed by atoms with Gasteiger partial charge in [0.15, 0.2) is 0 Å². The summed E-state index contributed by atoms with van der Waals surface area (Å²) < 4.78 is 0. The zero-order chi connectivity index (χ0) is 14.6. The minimum atomic E-state index is 0.921. The summed E-state index contributed by atoms with van der Waals surface area (Å²) in [6, 6.07) is 0. The van der Waals surface area contributed by atoms with Gasteiger partial charge in [-0.15, -0.1) is 0 Å². The largest absolute Gasteiger partial charge is 0.317 e. The molecule has 1 heteroatoms. The van der Waals surface area contributed by atoms with E-state index in [4.69, 9.17) is 0 Å². The van der Waals surface area contributed by atoms with Crippen LogP contribution in [0.15, 0.2) is 0 Å². The van der Waals surface area contributed by atoms with Crippen LogP contribution in [-0.4, -0.2) is 13.1 Å². The molecule has 1 N–H and O–H groups in total. The Labute approximate surface area is 118 Å². The van der Waals surface area contributed by atoms with Gasteiger partial charge in [0.2, 0.25) is 0 Å². The second-order valence-electron chi connectivity index (χ2n) is 4.60. The van der Waals surface area contributed by atoms with Crippen LogP contribution >= 0.6 is 0 Å². The van der Waals surface area contributed by atoms with Crippen LogP contribution in [0, 0.1) is 5.92 Å². The molecule has 0 radical (unpaired) electrons. The maximum atomic E-state index is 3.42. The van der Waals surface area contributed by atoms with E-state index in [1.54, 1.807) is 0 Å². The van der Waals surface area contributed by atoms with Gasteiger partial charge in [0.25, 0.3) is 0 Å². The zero-order valence-electron chi connectivity index (χ0n) is 14.4. The van der Waals surface area contributed by atoms with E-state index in [0.29, 0.717) is 0 Å². The number of hydrogen-bond donors (Lipinski definition) is 1. The van der Waals surface area contributed by atoms with Crippen LogP contribution in [0.1, 0.15) is 93.4 Å². The lowest BCUT2D eigenvalue weighted by atomic mass is 9.98. The van der Waals surface area contributed by atoms with Crippen LogP contribution in [0.4, 0.5) is 0 Å². The first-order valence-corrected chi connectivity index (χ1v) is 8.47. The molecule has 0 bridgehead atoms. The van der Waals surface area contributed by atoms with Gasteiger partial charge in [0.05, 0.1) is 0 Å². The van der Waals surface area contributed by atoms with E-state index in [-0.39, 0.29) is 0 Å². The minimum Gasteiger partial charge on any atom is -0.317 e. The monoisotopic (exact) mass is 259 g/mol. The third-order valence-electron chi connectivity index (χ3n) is 2.78. The molecule has 0 saturated carbocycles. The standard InChI is InChI=1S/C10H23N.C5H12.C2H6/c1-4-7-10(8-5-2)9-11-6-3;1-3-5-4-2;1-2/h10-11H,4-9H2,1-3H3;3-5H2,1-2H3;1-2H3. The van der Waals surface area contributed by atoms with Gasteiger partial charge in [-0.2, -0.15) is 0 Å². The molecule has 1 nitrogen and oxygen atoms in total. The summed E-state index contributed by atoms with van der Waals surface area (Å²) in [5.41, 5.74) is 0. The van der Waals surface area contributed by atoms with E-state index in [1.807, 2.05) is 13.8 Å². The fraction of sp³-hybridized carbons (Fsp3) is 1.00. The Bertz CT molecular complexity index is 93.8. The van der Waals surface area contributed by atoms with Gasteiger partial charge >= 0.3 is 0 Å². The topological polar surface area (TPSA) is 12.0 Å². The van der Waals surface area contributed by atoms with Crippen molar-refractivity contribution in [2.24, 2.45) is 5.92 Å². The fourth-order valence-corrected chi connectivity index (χ4v) is 1.87. The van der Waals surface area contributed by atoms with Crippen molar-refractivity contribution < 1.29 is 0 Å². The summed E-state index contributed by atoms with van der Waals surface area (Å²) >= 11 is 0. The predicted octanol–water partition coefficient (Wildman–Crippen LogP) is 6.04. The average Bonchev–Trinajstić information content (AvgIpc) is 2.40. The predicted molar refractivity (Wildman–Crippen MR) is 88.4 cm³/mol. The molecule has 0 aliphatic heterocycles. The highest BCUT2D eigenvalue weighted by molar-refractivity contribution is 4.60. The molecule has 114 valence electrons. The van der Waals surface area contributed by atoms with Crippen molar-refractivity contribution in [3.63, 3.8) is 0 Å². The van der Waals surface area contributed by atoms with Crippen molar-refractivity contribution >= 4 is 0 Å². The van der Waals surface area contributed by atoms with Crippen LogP contribution in [0.2, 0.25) is 0 Å². The average molecular weight is 260 g/mol. The van der Waals surface area contributed by atoms with Crippen LogP contribution < -0.4 is 5.32 Å². The smallest absolute Gasteiger partial charge is 0.00206 e. The summed E-state index contributed by atoms with van der Waals surface area (Å²) in [6.45, 7) is 17.5. The van der Waals surface area contributed by atoms with Gasteiger partial charge in [0, 0.05) is 0 Å². The molecule has 0 unspecified atom stereocenters. The van der Waals surface area contributed by atoms with E-state index >= 15 is 0 Å². The van der Waals surface area contributed by atoms with Crippen molar-refractivity contribution in [1.82, 2.24) is 5.32 Å². The molecule has 18 heavy (non-hydrogen) atoms. The van der Waals surface area contributed by atoms with Crippen molar-refractivity contribution in [3.05, 3.63) is 0 Å². The Morgan fingerprint density at radius 3 is 1.39 bits per heavy atom. The SMILES string of the molecule is CC.CCCC(CCC)CNCC.CCCCC. The van der Waals surface area contributed by atoms with E-state index in [2.05, 4.69) is 39.9 Å². The zero-order valence-corrected chi connectivity index (χ0v) is 14.4. The number of rotatable bonds is 9. The molecule has 0 aromatic carbocycles. The first kappa shape index (κ1) is 23.1. The minimum absolute atomic E-state index is 0.921. The normalized spacial score (nSPS) is 9.33. The molecule has 0 atom stereocenters. The Hall–Kier alpha value is -0.0400. The molecule has 0 fully saturated rings. The first-order valence-electron chi connectivity index (χ1n) is 8.47. The van der Waals surface area contributed by atoms with Crippen molar-refractivity contribution in [2.45, 2.75) is 93.4 Å². The molecule has 0 amide bonds. The summed E-state index contributed by atoms with van der Waals surface area (Å²) in [7, 11) is 0. The molecule has 0 rings (SSSR count). The van der Waals surface area contributed by atoms with Crippen molar-refractivity contribution in [3.8, 4) is 0 Å². The molecule has 0 saturated heterocycles. The lowest BCUT2D eigenvalue weighted by Crippen LogP contribution is -2.22. The lowest BCUT2D eigenvalue weighted by Gasteiger charge is -2.14. The Morgan fingerprint density at radius 1 is 0.722 bits per heavy atom. The third-order valence-corrected chi connectivity index (χ3v) is 2.78. The molecule has 0 spiro atoms. The van der Waals surface area contributed by atoms with Gasteiger partial charge in [-0.25, -0.2) is 0 Å². The van der Waals surface area contributed by atoms with Gasteiger partial charge in [0.1, 0.15) is 0 Å². The third kappa shape index (κ3) is 25.0. The second kappa shape index (κ2) is 25.7. The van der Waals surface area contributed by atoms with E-state index in [9.17, 15) is 0 Å². The van der Waals surface area contributed by atoms with Gasteiger partial charge < -0.3 is 5.32 Å². The maximum absolute atomic E-state index is 3.42. The Morgan fingerprint density at radius 2 is 1.17 bits per heavy atom. The van der Waals surface area contributed by atoms with Gasteiger partial charge in [-0.1, -0.05) is 80.6 Å². The summed E-state index contributed by atoms with van der Waals surface area (Å²) in [5.74, 6) is 0.921. The molecule has 0 heterocycles. The van der Waals surface area contributed by atoms with Gasteiger partial charge in [-0.3, -0.25) is 0 Å². The molecular formula is C17H41N. The Kier molecular flexibility index (Phi) is 33.0. The fourth-order valence-electron chi connectivity index (χ4n) is 1.87. The molecule has 0 aliphatic carbocycles. The number of nitrogens with one attached hydrogen (secondary N) is 1. The molecular weight excluding hydrogens is 218 g/mol. The van der Waals surface area contributed by atoms with Crippen LogP contribution in [0.3, 0.4) is 0 Å². The highest BCUT2D eigenvalue weighted by Gasteiger charge is 2.04. The van der Waals surface area contributed by atoms with E-state index in [0.717, 1.165) is 12.5 Å². The summed E-state index contributed by atoms with van der Waals surface area (Å²) in [6.07, 6.45) is 9.51. The summed E-state index contributed by atoms with van der Waals surface area (Å²) in [4.78, 5) is 0. The molecule has 0 aromatic heterocycles. The maximum Gasteiger partial charge on any atom is -0.00206 e. The van der Waals surface area contributed by atoms with Crippen LogP contribution in [0.25, 0.3) is 0 Å². The molecule has 0 aromatic rings. The second-order valence-corrected chi connectivity index (χ2v) is 4.60. The number of hydrogen-bond acceptors (Lipinski definition) is 1. The number of unbranched alkanes of at least 4 members (excludes halogenated alkanes) is 2. The highest BCUT2D eigenvalue weighted by Crippen LogP contribution is 2.11. The highest BCUT2D eigenvalue weighted by atomic mass is 14.8.